The molecule has 0 aromatic carbocycles. The summed E-state index contributed by atoms with van der Waals surface area (Å²) in [7, 11) is 0. The van der Waals surface area contributed by atoms with Gasteiger partial charge in [-0.05, 0) is 18.8 Å². The van der Waals surface area contributed by atoms with E-state index in [1.54, 1.807) is 0 Å². The molecule has 2 N–H and O–H groups in total. The van der Waals surface area contributed by atoms with Crippen LogP contribution in [0.4, 0.5) is 0 Å². The van der Waals surface area contributed by atoms with Crippen LogP contribution in [0.2, 0.25) is 0 Å². The van der Waals surface area contributed by atoms with E-state index >= 15 is 0 Å². The molecule has 2 heterocycles. The molecule has 0 radical (unpaired) electrons. The third-order valence-electron chi connectivity index (χ3n) is 3.03. The first kappa shape index (κ1) is 11.5. The van der Waals surface area contributed by atoms with E-state index in [1.165, 1.54) is 0 Å². The van der Waals surface area contributed by atoms with E-state index in [0.717, 1.165) is 31.9 Å². The van der Waals surface area contributed by atoms with Crippen molar-refractivity contribution in [1.82, 2.24) is 10.1 Å². The highest BCUT2D eigenvalue weighted by atomic mass is 16.5. The summed E-state index contributed by atoms with van der Waals surface area (Å²) in [6, 6.07) is -0.149. The van der Waals surface area contributed by atoms with Crippen molar-refractivity contribution >= 4 is 0 Å². The maximum atomic E-state index is 6.13. The number of ether oxygens (including phenoxy) is 1. The maximum absolute atomic E-state index is 6.13. The molecule has 90 valence electrons. The minimum Gasteiger partial charge on any atom is -0.381 e. The second-order valence-electron chi connectivity index (χ2n) is 4.62. The van der Waals surface area contributed by atoms with Crippen LogP contribution in [0.3, 0.4) is 0 Å². The van der Waals surface area contributed by atoms with E-state index in [2.05, 4.69) is 10.1 Å². The van der Waals surface area contributed by atoms with Crippen LogP contribution in [-0.4, -0.2) is 23.4 Å². The topological polar surface area (TPSA) is 74.2 Å². The smallest absolute Gasteiger partial charge is 0.243 e. The van der Waals surface area contributed by atoms with Crippen LogP contribution < -0.4 is 5.73 Å². The first-order valence-corrected chi connectivity index (χ1v) is 5.85. The molecular weight excluding hydrogens is 206 g/mol. The molecule has 1 aliphatic heterocycles. The average molecular weight is 225 g/mol. The first-order chi connectivity index (χ1) is 7.68. The van der Waals surface area contributed by atoms with Gasteiger partial charge in [0.2, 0.25) is 5.89 Å². The van der Waals surface area contributed by atoms with Gasteiger partial charge >= 0.3 is 0 Å². The molecule has 0 spiro atoms. The lowest BCUT2D eigenvalue weighted by Crippen LogP contribution is -2.27. The van der Waals surface area contributed by atoms with Crippen molar-refractivity contribution in [2.75, 3.05) is 13.2 Å². The summed E-state index contributed by atoms with van der Waals surface area (Å²) in [6.45, 7) is 5.64. The Kier molecular flexibility index (Phi) is 3.56. The quantitative estimate of drug-likeness (QED) is 0.846. The van der Waals surface area contributed by atoms with Gasteiger partial charge in [0, 0.05) is 19.1 Å². The Morgan fingerprint density at radius 2 is 2.00 bits per heavy atom. The predicted octanol–water partition coefficient (Wildman–Crippen LogP) is 1.62. The Balaban J connectivity index is 2.04. The highest BCUT2D eigenvalue weighted by Crippen LogP contribution is 2.27. The summed E-state index contributed by atoms with van der Waals surface area (Å²) in [5.74, 6) is 1.97. The highest BCUT2D eigenvalue weighted by molar-refractivity contribution is 4.97. The number of hydrogen-bond donors (Lipinski definition) is 1. The Morgan fingerprint density at radius 3 is 2.56 bits per heavy atom. The van der Waals surface area contributed by atoms with Gasteiger partial charge in [-0.2, -0.15) is 4.98 Å². The third kappa shape index (κ3) is 2.41. The van der Waals surface area contributed by atoms with Gasteiger partial charge in [-0.25, -0.2) is 0 Å². The first-order valence-electron chi connectivity index (χ1n) is 5.85. The molecular formula is C11H19N3O2. The van der Waals surface area contributed by atoms with E-state index in [1.807, 2.05) is 13.8 Å². The lowest BCUT2D eigenvalue weighted by molar-refractivity contribution is 0.0546. The molecule has 0 bridgehead atoms. The predicted molar refractivity (Wildman–Crippen MR) is 58.9 cm³/mol. The number of nitrogens with two attached hydrogens (primary N) is 1. The lowest BCUT2D eigenvalue weighted by Gasteiger charge is -2.25. The fraction of sp³-hybridized carbons (Fsp3) is 0.818. The molecule has 0 amide bonds. The second-order valence-corrected chi connectivity index (χ2v) is 4.62. The Morgan fingerprint density at radius 1 is 1.31 bits per heavy atom. The summed E-state index contributed by atoms with van der Waals surface area (Å²) in [5.41, 5.74) is 6.13. The van der Waals surface area contributed by atoms with Crippen LogP contribution in [0.15, 0.2) is 4.52 Å². The average Bonchev–Trinajstić information content (AvgIpc) is 2.78. The largest absolute Gasteiger partial charge is 0.381 e. The zero-order valence-electron chi connectivity index (χ0n) is 9.85. The van der Waals surface area contributed by atoms with Crippen LogP contribution in [0.25, 0.3) is 0 Å². The highest BCUT2D eigenvalue weighted by Gasteiger charge is 2.26. The van der Waals surface area contributed by atoms with Crippen molar-refractivity contribution in [2.45, 2.75) is 38.6 Å². The Labute approximate surface area is 95.3 Å². The fourth-order valence-corrected chi connectivity index (χ4v) is 1.89. The van der Waals surface area contributed by atoms with Crippen LogP contribution in [0.5, 0.6) is 0 Å². The Hall–Kier alpha value is -0.940. The molecule has 1 atom stereocenters. The molecule has 0 aliphatic carbocycles. The molecule has 0 unspecified atom stereocenters. The number of aromatic nitrogens is 2. The molecule has 16 heavy (non-hydrogen) atoms. The lowest BCUT2D eigenvalue weighted by atomic mass is 9.92. The number of nitrogens with zero attached hydrogens (tertiary/aromatic N) is 2. The minimum atomic E-state index is -0.149. The van der Waals surface area contributed by atoms with Crippen LogP contribution >= 0.6 is 0 Å². The van der Waals surface area contributed by atoms with Crippen LogP contribution in [0, 0.1) is 5.92 Å². The van der Waals surface area contributed by atoms with Gasteiger partial charge in [-0.15, -0.1) is 0 Å². The second kappa shape index (κ2) is 4.93. The molecule has 1 saturated heterocycles. The van der Waals surface area contributed by atoms with Crippen molar-refractivity contribution in [3.63, 3.8) is 0 Å². The maximum Gasteiger partial charge on any atom is 0.243 e. The SMILES string of the molecule is CC(C)c1noc([C@H](N)C2CCOCC2)n1. The van der Waals surface area contributed by atoms with Gasteiger partial charge in [0.05, 0.1) is 6.04 Å². The number of hydrogen-bond acceptors (Lipinski definition) is 5. The normalized spacial score (nSPS) is 20.2. The fourth-order valence-electron chi connectivity index (χ4n) is 1.89. The van der Waals surface area contributed by atoms with E-state index in [-0.39, 0.29) is 12.0 Å². The van der Waals surface area contributed by atoms with Crippen molar-refractivity contribution in [3.05, 3.63) is 11.7 Å². The third-order valence-corrected chi connectivity index (χ3v) is 3.03. The van der Waals surface area contributed by atoms with Crippen molar-refractivity contribution in [2.24, 2.45) is 11.7 Å². The van der Waals surface area contributed by atoms with Gasteiger partial charge in [0.25, 0.3) is 0 Å². The van der Waals surface area contributed by atoms with E-state index < -0.39 is 0 Å². The van der Waals surface area contributed by atoms with Crippen LogP contribution in [0.1, 0.15) is 50.4 Å². The molecule has 1 aliphatic rings. The minimum absolute atomic E-state index is 0.149. The summed E-state index contributed by atoms with van der Waals surface area (Å²) in [4.78, 5) is 4.34. The monoisotopic (exact) mass is 225 g/mol. The summed E-state index contributed by atoms with van der Waals surface area (Å²) < 4.78 is 10.5. The zero-order valence-corrected chi connectivity index (χ0v) is 9.85. The van der Waals surface area contributed by atoms with Crippen molar-refractivity contribution in [3.8, 4) is 0 Å². The molecule has 5 nitrogen and oxygen atoms in total. The summed E-state index contributed by atoms with van der Waals surface area (Å²) in [5, 5.41) is 3.93. The van der Waals surface area contributed by atoms with Gasteiger partial charge < -0.3 is 15.0 Å². The van der Waals surface area contributed by atoms with Gasteiger partial charge in [-0.1, -0.05) is 19.0 Å². The zero-order chi connectivity index (χ0) is 11.5. The molecule has 0 saturated carbocycles. The number of rotatable bonds is 3. The summed E-state index contributed by atoms with van der Waals surface area (Å²) >= 11 is 0. The van der Waals surface area contributed by atoms with Gasteiger partial charge in [-0.3, -0.25) is 0 Å². The van der Waals surface area contributed by atoms with E-state index in [4.69, 9.17) is 15.0 Å². The summed E-state index contributed by atoms with van der Waals surface area (Å²) in [6.07, 6.45) is 1.95. The van der Waals surface area contributed by atoms with Crippen molar-refractivity contribution < 1.29 is 9.26 Å². The molecule has 1 aromatic rings. The van der Waals surface area contributed by atoms with Gasteiger partial charge in [0.1, 0.15) is 0 Å². The molecule has 2 rings (SSSR count). The molecule has 1 fully saturated rings. The van der Waals surface area contributed by atoms with Gasteiger partial charge in [0.15, 0.2) is 5.82 Å². The standard InChI is InChI=1S/C11H19N3O2/c1-7(2)10-13-11(16-14-10)9(12)8-3-5-15-6-4-8/h7-9H,3-6,12H2,1-2H3/t9-/m1/s1. The Bertz CT molecular complexity index is 332. The van der Waals surface area contributed by atoms with E-state index in [9.17, 15) is 0 Å². The van der Waals surface area contributed by atoms with E-state index in [0.29, 0.717) is 11.8 Å². The van der Waals surface area contributed by atoms with Crippen molar-refractivity contribution in [1.29, 1.82) is 0 Å². The van der Waals surface area contributed by atoms with Crippen LogP contribution in [-0.2, 0) is 4.74 Å². The molecule has 5 heteroatoms. The molecule has 1 aromatic heterocycles.